The number of ether oxygens (including phenoxy) is 2. The number of benzene rings is 1. The van der Waals surface area contributed by atoms with Gasteiger partial charge in [-0.1, -0.05) is 18.2 Å². The van der Waals surface area contributed by atoms with E-state index >= 15 is 0 Å². The molecule has 0 bridgehead atoms. The van der Waals surface area contributed by atoms with Gasteiger partial charge in [0, 0.05) is 32.7 Å². The SMILES string of the molecule is C=CCNC(=O)CN1CCN(C(=O)C2COc3ccccc3O2)CC1. The summed E-state index contributed by atoms with van der Waals surface area (Å²) in [7, 11) is 0. The molecular formula is C18H23N3O4. The second kappa shape index (κ2) is 8.02. The smallest absolute Gasteiger partial charge is 0.267 e. The minimum absolute atomic E-state index is 0.0275. The minimum Gasteiger partial charge on any atom is -0.485 e. The van der Waals surface area contributed by atoms with Crippen LogP contribution in [0, 0.1) is 0 Å². The van der Waals surface area contributed by atoms with Gasteiger partial charge >= 0.3 is 0 Å². The molecule has 1 atom stereocenters. The molecule has 2 aliphatic rings. The van der Waals surface area contributed by atoms with Crippen LogP contribution < -0.4 is 14.8 Å². The van der Waals surface area contributed by atoms with Gasteiger partial charge in [0.05, 0.1) is 6.54 Å². The molecule has 1 unspecified atom stereocenters. The van der Waals surface area contributed by atoms with Crippen molar-refractivity contribution < 1.29 is 19.1 Å². The molecule has 1 fully saturated rings. The van der Waals surface area contributed by atoms with Crippen molar-refractivity contribution in [3.8, 4) is 11.5 Å². The first kappa shape index (κ1) is 17.3. The molecule has 3 rings (SSSR count). The van der Waals surface area contributed by atoms with Crippen molar-refractivity contribution in [3.63, 3.8) is 0 Å². The van der Waals surface area contributed by atoms with Crippen LogP contribution in [-0.2, 0) is 9.59 Å². The lowest BCUT2D eigenvalue weighted by Gasteiger charge is -2.36. The van der Waals surface area contributed by atoms with Gasteiger partial charge in [-0.25, -0.2) is 0 Å². The number of piperazine rings is 1. The van der Waals surface area contributed by atoms with E-state index in [9.17, 15) is 9.59 Å². The highest BCUT2D eigenvalue weighted by molar-refractivity contribution is 5.82. The molecule has 0 aromatic heterocycles. The third-order valence-electron chi connectivity index (χ3n) is 4.28. The van der Waals surface area contributed by atoms with Crippen molar-refractivity contribution >= 4 is 11.8 Å². The Hall–Kier alpha value is -2.54. The monoisotopic (exact) mass is 345 g/mol. The van der Waals surface area contributed by atoms with E-state index in [1.807, 2.05) is 23.1 Å². The first-order chi connectivity index (χ1) is 12.2. The van der Waals surface area contributed by atoms with Crippen LogP contribution in [-0.4, -0.2) is 73.6 Å². The van der Waals surface area contributed by atoms with Crippen molar-refractivity contribution in [3.05, 3.63) is 36.9 Å². The molecule has 1 N–H and O–H groups in total. The second-order valence-electron chi connectivity index (χ2n) is 6.06. The zero-order valence-corrected chi connectivity index (χ0v) is 14.1. The van der Waals surface area contributed by atoms with Crippen LogP contribution in [0.1, 0.15) is 0 Å². The quantitative estimate of drug-likeness (QED) is 0.776. The van der Waals surface area contributed by atoms with E-state index < -0.39 is 6.10 Å². The summed E-state index contributed by atoms with van der Waals surface area (Å²) >= 11 is 0. The van der Waals surface area contributed by atoms with Crippen LogP contribution in [0.5, 0.6) is 11.5 Å². The molecule has 0 radical (unpaired) electrons. The lowest BCUT2D eigenvalue weighted by Crippen LogP contribution is -2.55. The van der Waals surface area contributed by atoms with Crippen molar-refractivity contribution in [1.29, 1.82) is 0 Å². The van der Waals surface area contributed by atoms with Crippen LogP contribution in [0.2, 0.25) is 0 Å². The summed E-state index contributed by atoms with van der Waals surface area (Å²) in [5.41, 5.74) is 0. The lowest BCUT2D eigenvalue weighted by molar-refractivity contribution is -0.143. The molecule has 25 heavy (non-hydrogen) atoms. The topological polar surface area (TPSA) is 71.1 Å². The molecule has 2 aliphatic heterocycles. The summed E-state index contributed by atoms with van der Waals surface area (Å²) in [6.07, 6.45) is 1.04. The molecule has 1 aromatic rings. The highest BCUT2D eigenvalue weighted by Gasteiger charge is 2.32. The molecule has 134 valence electrons. The van der Waals surface area contributed by atoms with Crippen LogP contribution in [0.3, 0.4) is 0 Å². The summed E-state index contributed by atoms with van der Waals surface area (Å²) in [5, 5.41) is 2.76. The van der Waals surface area contributed by atoms with Gasteiger partial charge in [-0.2, -0.15) is 0 Å². The molecule has 2 amide bonds. The molecule has 0 saturated carbocycles. The molecule has 2 heterocycles. The Morgan fingerprint density at radius 1 is 1.20 bits per heavy atom. The van der Waals surface area contributed by atoms with Crippen LogP contribution in [0.4, 0.5) is 0 Å². The number of nitrogens with zero attached hydrogens (tertiary/aromatic N) is 2. The number of para-hydroxylation sites is 2. The van der Waals surface area contributed by atoms with Gasteiger partial charge < -0.3 is 19.7 Å². The average molecular weight is 345 g/mol. The molecule has 7 heteroatoms. The summed E-state index contributed by atoms with van der Waals surface area (Å²) in [4.78, 5) is 28.2. The maximum Gasteiger partial charge on any atom is 0.267 e. The summed E-state index contributed by atoms with van der Waals surface area (Å²) in [6.45, 7) is 7.09. The number of nitrogens with one attached hydrogen (secondary N) is 1. The average Bonchev–Trinajstić information content (AvgIpc) is 2.66. The van der Waals surface area contributed by atoms with E-state index in [2.05, 4.69) is 11.9 Å². The summed E-state index contributed by atoms with van der Waals surface area (Å²) in [6, 6.07) is 7.35. The fourth-order valence-corrected chi connectivity index (χ4v) is 2.92. The largest absolute Gasteiger partial charge is 0.485 e. The molecule has 1 saturated heterocycles. The van der Waals surface area contributed by atoms with E-state index in [-0.39, 0.29) is 18.4 Å². The number of rotatable bonds is 5. The normalized spacial score (nSPS) is 20.0. The Bertz CT molecular complexity index is 641. The van der Waals surface area contributed by atoms with Gasteiger partial charge in [0.2, 0.25) is 12.0 Å². The fraction of sp³-hybridized carbons (Fsp3) is 0.444. The predicted octanol–water partition coefficient (Wildman–Crippen LogP) is 0.273. The fourth-order valence-electron chi connectivity index (χ4n) is 2.92. The summed E-state index contributed by atoms with van der Waals surface area (Å²) < 4.78 is 11.4. The first-order valence-corrected chi connectivity index (χ1v) is 8.44. The maximum atomic E-state index is 12.6. The number of carbonyl (C=O) groups excluding carboxylic acids is 2. The number of fused-ring (bicyclic) bond motifs is 1. The Morgan fingerprint density at radius 2 is 1.92 bits per heavy atom. The van der Waals surface area contributed by atoms with Crippen LogP contribution in [0.25, 0.3) is 0 Å². The van der Waals surface area contributed by atoms with E-state index in [0.29, 0.717) is 50.8 Å². The highest BCUT2D eigenvalue weighted by atomic mass is 16.6. The highest BCUT2D eigenvalue weighted by Crippen LogP contribution is 2.31. The van der Waals surface area contributed by atoms with E-state index in [1.54, 1.807) is 17.0 Å². The zero-order valence-electron chi connectivity index (χ0n) is 14.1. The number of hydrogen-bond acceptors (Lipinski definition) is 5. The van der Waals surface area contributed by atoms with Crippen LogP contribution in [0.15, 0.2) is 36.9 Å². The Balaban J connectivity index is 1.47. The van der Waals surface area contributed by atoms with E-state index in [1.165, 1.54) is 0 Å². The summed E-state index contributed by atoms with van der Waals surface area (Å²) in [5.74, 6) is 1.18. The Morgan fingerprint density at radius 3 is 2.64 bits per heavy atom. The van der Waals surface area contributed by atoms with Gasteiger partial charge in [-0.3, -0.25) is 14.5 Å². The zero-order chi connectivity index (χ0) is 17.6. The third-order valence-corrected chi connectivity index (χ3v) is 4.28. The van der Waals surface area contributed by atoms with Crippen LogP contribution >= 0.6 is 0 Å². The Kier molecular flexibility index (Phi) is 5.55. The van der Waals surface area contributed by atoms with Crippen molar-refractivity contribution in [2.24, 2.45) is 0 Å². The number of hydrogen-bond donors (Lipinski definition) is 1. The van der Waals surface area contributed by atoms with E-state index in [4.69, 9.17) is 9.47 Å². The number of carbonyl (C=O) groups is 2. The van der Waals surface area contributed by atoms with E-state index in [0.717, 1.165) is 0 Å². The number of amides is 2. The van der Waals surface area contributed by atoms with Crippen molar-refractivity contribution in [2.75, 3.05) is 45.9 Å². The van der Waals surface area contributed by atoms with Gasteiger partial charge in [0.25, 0.3) is 5.91 Å². The van der Waals surface area contributed by atoms with Gasteiger partial charge in [0.15, 0.2) is 11.5 Å². The standard InChI is InChI=1S/C18H23N3O4/c1-2-7-19-17(22)12-20-8-10-21(11-9-20)18(23)16-13-24-14-5-3-4-6-15(14)25-16/h2-6,16H,1,7-13H2,(H,19,22). The Labute approximate surface area is 147 Å². The molecule has 0 aliphatic carbocycles. The first-order valence-electron chi connectivity index (χ1n) is 8.44. The predicted molar refractivity (Wildman–Crippen MR) is 92.6 cm³/mol. The molecular weight excluding hydrogens is 322 g/mol. The third kappa shape index (κ3) is 4.30. The molecule has 0 spiro atoms. The van der Waals surface area contributed by atoms with Gasteiger partial charge in [-0.15, -0.1) is 6.58 Å². The molecule has 7 nitrogen and oxygen atoms in total. The van der Waals surface area contributed by atoms with Crippen molar-refractivity contribution in [2.45, 2.75) is 6.10 Å². The minimum atomic E-state index is -0.614. The van der Waals surface area contributed by atoms with Gasteiger partial charge in [0.1, 0.15) is 6.61 Å². The maximum absolute atomic E-state index is 12.6. The molecule has 1 aromatic carbocycles. The second-order valence-corrected chi connectivity index (χ2v) is 6.06. The lowest BCUT2D eigenvalue weighted by atomic mass is 10.2. The van der Waals surface area contributed by atoms with Crippen molar-refractivity contribution in [1.82, 2.24) is 15.1 Å². The van der Waals surface area contributed by atoms with Gasteiger partial charge in [-0.05, 0) is 12.1 Å².